The van der Waals surface area contributed by atoms with Gasteiger partial charge in [-0.3, -0.25) is 9.59 Å². The number of H-pyrrole nitrogens is 1. The van der Waals surface area contributed by atoms with Crippen molar-refractivity contribution in [3.8, 4) is 16.9 Å². The van der Waals surface area contributed by atoms with Gasteiger partial charge in [0, 0.05) is 5.56 Å². The van der Waals surface area contributed by atoms with Crippen molar-refractivity contribution in [1.29, 1.82) is 0 Å². The van der Waals surface area contributed by atoms with Crippen LogP contribution < -0.4 is 16.0 Å². The number of hydrogen-bond acceptors (Lipinski definition) is 4. The van der Waals surface area contributed by atoms with Gasteiger partial charge in [0.1, 0.15) is 23.6 Å². The number of benzene rings is 1. The predicted octanol–water partition coefficient (Wildman–Crippen LogP) is 1.53. The zero-order valence-corrected chi connectivity index (χ0v) is 12.2. The first-order valence-electron chi connectivity index (χ1n) is 6.72. The second-order valence-electron chi connectivity index (χ2n) is 4.76. The molecule has 2 rings (SSSR count). The Morgan fingerprint density at radius 1 is 1.25 bits per heavy atom. The summed E-state index contributed by atoms with van der Waals surface area (Å²) in [4.78, 5) is 24.5. The third-order valence-corrected chi connectivity index (χ3v) is 3.12. The molecular formula is C15H13F3N2O4. The molecular weight excluding hydrogens is 329 g/mol. The number of hydrogen-bond donors (Lipinski definition) is 3. The van der Waals surface area contributed by atoms with E-state index in [2.05, 4.69) is 0 Å². The van der Waals surface area contributed by atoms with Crippen molar-refractivity contribution >= 4 is 5.91 Å². The lowest BCUT2D eigenvalue weighted by Crippen LogP contribution is -2.27. The second-order valence-corrected chi connectivity index (χ2v) is 4.76. The summed E-state index contributed by atoms with van der Waals surface area (Å²) in [6.07, 6.45) is -4.82. The molecule has 1 amide bonds. The van der Waals surface area contributed by atoms with E-state index in [-0.39, 0.29) is 24.3 Å². The number of rotatable bonds is 5. The minimum absolute atomic E-state index is 0.0393. The molecule has 6 nitrogen and oxygen atoms in total. The maximum absolute atomic E-state index is 13.2. The SMILES string of the molecule is NC(=O)c1cc(-c2ccc(OCCO)cc2)c(C(F)(F)F)[nH]c1=O. The number of aromatic amines is 1. The Kier molecular flexibility index (Phi) is 4.93. The number of nitrogens with two attached hydrogens (primary N) is 1. The van der Waals surface area contributed by atoms with Gasteiger partial charge in [0.2, 0.25) is 0 Å². The van der Waals surface area contributed by atoms with Gasteiger partial charge in [0.15, 0.2) is 0 Å². The van der Waals surface area contributed by atoms with Crippen molar-refractivity contribution < 1.29 is 27.8 Å². The molecule has 0 aliphatic rings. The molecule has 0 saturated heterocycles. The molecule has 4 N–H and O–H groups in total. The lowest BCUT2D eigenvalue weighted by Gasteiger charge is -2.14. The fourth-order valence-corrected chi connectivity index (χ4v) is 2.06. The summed E-state index contributed by atoms with van der Waals surface area (Å²) < 4.78 is 44.6. The molecule has 128 valence electrons. The Bertz CT molecular complexity index is 798. The van der Waals surface area contributed by atoms with E-state index in [0.717, 1.165) is 6.07 Å². The van der Waals surface area contributed by atoms with Crippen LogP contribution in [0.25, 0.3) is 11.1 Å². The second kappa shape index (κ2) is 6.75. The van der Waals surface area contributed by atoms with Gasteiger partial charge in [-0.25, -0.2) is 0 Å². The molecule has 1 heterocycles. The number of aliphatic hydroxyl groups excluding tert-OH is 1. The first-order chi connectivity index (χ1) is 11.2. The van der Waals surface area contributed by atoms with Crippen LogP contribution in [0.4, 0.5) is 13.2 Å². The number of carbonyl (C=O) groups is 1. The van der Waals surface area contributed by atoms with E-state index in [0.29, 0.717) is 5.75 Å². The number of nitrogens with one attached hydrogen (secondary N) is 1. The molecule has 0 fully saturated rings. The Morgan fingerprint density at radius 2 is 1.88 bits per heavy atom. The highest BCUT2D eigenvalue weighted by Gasteiger charge is 2.36. The van der Waals surface area contributed by atoms with Crippen molar-refractivity contribution in [2.75, 3.05) is 13.2 Å². The van der Waals surface area contributed by atoms with Gasteiger partial charge < -0.3 is 20.6 Å². The van der Waals surface area contributed by atoms with E-state index in [1.165, 1.54) is 24.3 Å². The van der Waals surface area contributed by atoms with Gasteiger partial charge in [-0.05, 0) is 23.8 Å². The van der Waals surface area contributed by atoms with E-state index < -0.39 is 28.9 Å². The number of aromatic nitrogens is 1. The number of halogens is 3. The molecule has 0 atom stereocenters. The highest BCUT2D eigenvalue weighted by molar-refractivity contribution is 5.93. The van der Waals surface area contributed by atoms with Crippen molar-refractivity contribution in [3.63, 3.8) is 0 Å². The smallest absolute Gasteiger partial charge is 0.431 e. The van der Waals surface area contributed by atoms with Crippen LogP contribution in [0.3, 0.4) is 0 Å². The van der Waals surface area contributed by atoms with Gasteiger partial charge in [0.05, 0.1) is 6.61 Å². The van der Waals surface area contributed by atoms with Crippen molar-refractivity contribution in [3.05, 3.63) is 51.9 Å². The van der Waals surface area contributed by atoms with E-state index in [9.17, 15) is 22.8 Å². The molecule has 0 bridgehead atoms. The van der Waals surface area contributed by atoms with Crippen molar-refractivity contribution in [2.45, 2.75) is 6.18 Å². The van der Waals surface area contributed by atoms with Crippen LogP contribution in [-0.4, -0.2) is 29.2 Å². The van der Waals surface area contributed by atoms with Crippen LogP contribution in [-0.2, 0) is 6.18 Å². The number of aliphatic hydroxyl groups is 1. The third-order valence-electron chi connectivity index (χ3n) is 3.12. The topological polar surface area (TPSA) is 105 Å². The number of ether oxygens (including phenoxy) is 1. The highest BCUT2D eigenvalue weighted by atomic mass is 19.4. The Hall–Kier alpha value is -2.81. The van der Waals surface area contributed by atoms with E-state index in [4.69, 9.17) is 15.6 Å². The van der Waals surface area contributed by atoms with Crippen molar-refractivity contribution in [2.24, 2.45) is 5.73 Å². The van der Waals surface area contributed by atoms with Crippen molar-refractivity contribution in [1.82, 2.24) is 4.98 Å². The average molecular weight is 342 g/mol. The van der Waals surface area contributed by atoms with Gasteiger partial charge in [0.25, 0.3) is 11.5 Å². The molecule has 2 aromatic rings. The van der Waals surface area contributed by atoms with Gasteiger partial charge in [-0.15, -0.1) is 0 Å². The molecule has 24 heavy (non-hydrogen) atoms. The number of alkyl halides is 3. The van der Waals surface area contributed by atoms with E-state index in [1.54, 1.807) is 4.98 Å². The number of amides is 1. The monoisotopic (exact) mass is 342 g/mol. The largest absolute Gasteiger partial charge is 0.491 e. The molecule has 0 aliphatic carbocycles. The third kappa shape index (κ3) is 3.74. The predicted molar refractivity (Wildman–Crippen MR) is 78.6 cm³/mol. The summed E-state index contributed by atoms with van der Waals surface area (Å²) in [5.74, 6) is -0.782. The molecule has 0 radical (unpaired) electrons. The summed E-state index contributed by atoms with van der Waals surface area (Å²) in [5, 5.41) is 8.67. The average Bonchev–Trinajstić information content (AvgIpc) is 2.52. The first-order valence-corrected chi connectivity index (χ1v) is 6.72. The minimum Gasteiger partial charge on any atom is -0.491 e. The zero-order chi connectivity index (χ0) is 17.9. The van der Waals surface area contributed by atoms with E-state index in [1.807, 2.05) is 0 Å². The summed E-state index contributed by atoms with van der Waals surface area (Å²) >= 11 is 0. The van der Waals surface area contributed by atoms with Crippen LogP contribution in [0.1, 0.15) is 16.1 Å². The Labute approximate surface area is 133 Å². The quantitative estimate of drug-likeness (QED) is 0.766. The van der Waals surface area contributed by atoms with E-state index >= 15 is 0 Å². The lowest BCUT2D eigenvalue weighted by molar-refractivity contribution is -0.140. The molecule has 0 unspecified atom stereocenters. The zero-order valence-electron chi connectivity index (χ0n) is 12.2. The summed E-state index contributed by atoms with van der Waals surface area (Å²) in [6.45, 7) is -0.167. The summed E-state index contributed by atoms with van der Waals surface area (Å²) in [7, 11) is 0. The number of pyridine rings is 1. The minimum atomic E-state index is -4.82. The van der Waals surface area contributed by atoms with Crippen LogP contribution >= 0.6 is 0 Å². The lowest BCUT2D eigenvalue weighted by atomic mass is 10.0. The van der Waals surface area contributed by atoms with Crippen LogP contribution in [0.5, 0.6) is 5.75 Å². The number of primary amides is 1. The summed E-state index contributed by atoms with van der Waals surface area (Å²) in [5.41, 5.74) is 1.69. The molecule has 0 spiro atoms. The Balaban J connectivity index is 2.56. The Morgan fingerprint density at radius 3 is 2.38 bits per heavy atom. The molecule has 0 aliphatic heterocycles. The van der Waals surface area contributed by atoms with Crippen LogP contribution in [0.2, 0.25) is 0 Å². The fraction of sp³-hybridized carbons (Fsp3) is 0.200. The molecule has 9 heteroatoms. The first kappa shape index (κ1) is 17.5. The standard InChI is InChI=1S/C15H13F3N2O4/c16-15(17,18)12-10(7-11(13(19)22)14(23)20-12)8-1-3-9(4-2-8)24-6-5-21/h1-4,7,21H,5-6H2,(H2,19,22)(H,20,23). The molecule has 0 saturated carbocycles. The normalized spacial score (nSPS) is 11.3. The molecule has 1 aromatic heterocycles. The maximum Gasteiger partial charge on any atom is 0.431 e. The number of carbonyl (C=O) groups excluding carboxylic acids is 1. The highest BCUT2D eigenvalue weighted by Crippen LogP contribution is 2.35. The summed E-state index contributed by atoms with van der Waals surface area (Å²) in [6, 6.07) is 6.29. The van der Waals surface area contributed by atoms with Gasteiger partial charge in [-0.2, -0.15) is 13.2 Å². The van der Waals surface area contributed by atoms with Gasteiger partial charge in [-0.1, -0.05) is 12.1 Å². The van der Waals surface area contributed by atoms with Crippen LogP contribution in [0, 0.1) is 0 Å². The van der Waals surface area contributed by atoms with Crippen LogP contribution in [0.15, 0.2) is 35.1 Å². The maximum atomic E-state index is 13.2. The fourth-order valence-electron chi connectivity index (χ4n) is 2.06. The molecule has 1 aromatic carbocycles. The van der Waals surface area contributed by atoms with Gasteiger partial charge >= 0.3 is 6.18 Å².